The predicted octanol–water partition coefficient (Wildman–Crippen LogP) is 2.55. The molecule has 1 N–H and O–H groups in total. The van der Waals surface area contributed by atoms with Gasteiger partial charge in [0.2, 0.25) is 5.95 Å². The molecule has 154 valence electrons. The van der Waals surface area contributed by atoms with Crippen LogP contribution in [0.3, 0.4) is 0 Å². The van der Waals surface area contributed by atoms with Gasteiger partial charge < -0.3 is 10.0 Å². The number of aliphatic hydroxyl groups is 1. The summed E-state index contributed by atoms with van der Waals surface area (Å²) in [5.74, 6) is 1.19. The van der Waals surface area contributed by atoms with Crippen molar-refractivity contribution < 1.29 is 5.11 Å². The maximum atomic E-state index is 9.53. The molecule has 0 spiro atoms. The van der Waals surface area contributed by atoms with E-state index in [1.807, 2.05) is 0 Å². The van der Waals surface area contributed by atoms with Crippen molar-refractivity contribution in [1.82, 2.24) is 24.6 Å². The number of aryl methyl sites for hydroxylation is 1. The molecule has 3 aliphatic heterocycles. The molecule has 2 saturated heterocycles. The maximum Gasteiger partial charge on any atom is 0.225 e. The second kappa shape index (κ2) is 7.54. The smallest absolute Gasteiger partial charge is 0.225 e. The van der Waals surface area contributed by atoms with Crippen LogP contribution in [0.2, 0.25) is 0 Å². The summed E-state index contributed by atoms with van der Waals surface area (Å²) in [4.78, 5) is 14.6. The van der Waals surface area contributed by atoms with Gasteiger partial charge in [0.25, 0.3) is 0 Å². The van der Waals surface area contributed by atoms with E-state index in [1.165, 1.54) is 29.7 Å². The Kier molecular flexibility index (Phi) is 4.87. The van der Waals surface area contributed by atoms with E-state index in [2.05, 4.69) is 40.8 Å². The van der Waals surface area contributed by atoms with Crippen LogP contribution in [0.4, 0.5) is 5.95 Å². The first-order valence-electron chi connectivity index (χ1n) is 10.8. The van der Waals surface area contributed by atoms with Gasteiger partial charge in [0.15, 0.2) is 0 Å². The molecule has 0 saturated carbocycles. The van der Waals surface area contributed by atoms with Gasteiger partial charge in [-0.1, -0.05) is 6.58 Å². The molecule has 5 heterocycles. The third kappa shape index (κ3) is 3.36. The Morgan fingerprint density at radius 3 is 3.00 bits per heavy atom. The number of hydrogen-bond donors (Lipinski definition) is 1. The largest absolute Gasteiger partial charge is 0.396 e. The van der Waals surface area contributed by atoms with E-state index in [0.29, 0.717) is 18.0 Å². The van der Waals surface area contributed by atoms with Gasteiger partial charge in [-0.25, -0.2) is 14.6 Å². The van der Waals surface area contributed by atoms with Crippen LogP contribution in [-0.2, 0) is 13.0 Å². The molecule has 0 radical (unpaired) electrons. The number of aliphatic hydroxyl groups excluding tert-OH is 1. The van der Waals surface area contributed by atoms with Crippen LogP contribution in [0.1, 0.15) is 54.2 Å². The SMILES string of the molecule is C=Cn1cc(CN2[C@H]3CC[C@H]2c2cnc(N4CCC[C@@H](CO)C4)nc2C3)c(C)n1. The van der Waals surface area contributed by atoms with Gasteiger partial charge in [-0.2, -0.15) is 5.10 Å². The molecule has 5 rings (SSSR count). The lowest BCUT2D eigenvalue weighted by atomic mass is 9.98. The molecular formula is C22H30N6O. The van der Waals surface area contributed by atoms with Crippen LogP contribution >= 0.6 is 0 Å². The van der Waals surface area contributed by atoms with Gasteiger partial charge in [-0.05, 0) is 38.5 Å². The number of anilines is 1. The van der Waals surface area contributed by atoms with Crippen LogP contribution in [0.15, 0.2) is 19.0 Å². The fraction of sp³-hybridized carbons (Fsp3) is 0.591. The minimum atomic E-state index is 0.252. The molecule has 0 unspecified atom stereocenters. The lowest BCUT2D eigenvalue weighted by molar-refractivity contribution is 0.166. The molecule has 2 bridgehead atoms. The van der Waals surface area contributed by atoms with Gasteiger partial charge in [-0.15, -0.1) is 0 Å². The summed E-state index contributed by atoms with van der Waals surface area (Å²) in [5.41, 5.74) is 4.87. The summed E-state index contributed by atoms with van der Waals surface area (Å²) in [6, 6.07) is 0.934. The van der Waals surface area contributed by atoms with Crippen LogP contribution in [0.5, 0.6) is 0 Å². The second-order valence-corrected chi connectivity index (χ2v) is 8.73. The summed E-state index contributed by atoms with van der Waals surface area (Å²) >= 11 is 0. The molecule has 29 heavy (non-hydrogen) atoms. The molecule has 7 nitrogen and oxygen atoms in total. The van der Waals surface area contributed by atoms with Crippen LogP contribution < -0.4 is 4.90 Å². The lowest BCUT2D eigenvalue weighted by Crippen LogP contribution is -2.40. The monoisotopic (exact) mass is 394 g/mol. The average molecular weight is 395 g/mol. The van der Waals surface area contributed by atoms with Crippen molar-refractivity contribution in [2.45, 2.75) is 57.7 Å². The first-order chi connectivity index (χ1) is 14.2. The molecule has 2 fully saturated rings. The molecule has 3 aliphatic rings. The lowest BCUT2D eigenvalue weighted by Gasteiger charge is -2.37. The molecule has 2 aromatic heterocycles. The summed E-state index contributed by atoms with van der Waals surface area (Å²) in [7, 11) is 0. The minimum Gasteiger partial charge on any atom is -0.396 e. The average Bonchev–Trinajstić information content (AvgIpc) is 3.25. The van der Waals surface area contributed by atoms with Crippen molar-refractivity contribution in [3.63, 3.8) is 0 Å². The third-order valence-electron chi connectivity index (χ3n) is 6.94. The number of hydrogen-bond acceptors (Lipinski definition) is 6. The van der Waals surface area contributed by atoms with Gasteiger partial charge in [0.05, 0.1) is 11.4 Å². The summed E-state index contributed by atoms with van der Waals surface area (Å²) in [6.45, 7) is 8.90. The van der Waals surface area contributed by atoms with E-state index in [1.54, 1.807) is 10.9 Å². The van der Waals surface area contributed by atoms with Gasteiger partial charge in [-0.3, -0.25) is 4.90 Å². The zero-order chi connectivity index (χ0) is 20.0. The van der Waals surface area contributed by atoms with Crippen molar-refractivity contribution in [3.8, 4) is 0 Å². The van der Waals surface area contributed by atoms with Crippen molar-refractivity contribution >= 4 is 12.1 Å². The van der Waals surface area contributed by atoms with E-state index < -0.39 is 0 Å². The highest BCUT2D eigenvalue weighted by atomic mass is 16.3. The first kappa shape index (κ1) is 18.8. The van der Waals surface area contributed by atoms with Crippen LogP contribution in [0, 0.1) is 12.8 Å². The standard InChI is InChI=1S/C22H30N6O/c1-3-27-12-17(15(2)25-27)13-28-18-6-7-21(28)19-10-23-22(24-20(19)9-18)26-8-4-5-16(11-26)14-29/h3,10,12,16,18,21,29H,1,4-9,11,13-14H2,2H3/t16-,18+,21+/m1/s1. The minimum absolute atomic E-state index is 0.252. The summed E-state index contributed by atoms with van der Waals surface area (Å²) in [6.07, 6.45) is 11.5. The Morgan fingerprint density at radius 1 is 1.31 bits per heavy atom. The Labute approximate surface area is 172 Å². The highest BCUT2D eigenvalue weighted by Crippen LogP contribution is 2.44. The Balaban J connectivity index is 1.37. The number of aromatic nitrogens is 4. The number of nitrogens with zero attached hydrogens (tertiary/aromatic N) is 6. The number of fused-ring (bicyclic) bond motifs is 4. The topological polar surface area (TPSA) is 70.3 Å². The van der Waals surface area contributed by atoms with Crippen molar-refractivity contribution in [2.24, 2.45) is 5.92 Å². The molecular weight excluding hydrogens is 364 g/mol. The van der Waals surface area contributed by atoms with E-state index in [4.69, 9.17) is 9.97 Å². The van der Waals surface area contributed by atoms with Crippen LogP contribution in [0.25, 0.3) is 6.20 Å². The predicted molar refractivity (Wildman–Crippen MR) is 112 cm³/mol. The molecule has 3 atom stereocenters. The van der Waals surface area contributed by atoms with Gasteiger partial charge in [0, 0.05) is 74.5 Å². The maximum absolute atomic E-state index is 9.53. The quantitative estimate of drug-likeness (QED) is 0.840. The third-order valence-corrected chi connectivity index (χ3v) is 6.94. The fourth-order valence-corrected chi connectivity index (χ4v) is 5.32. The van der Waals surface area contributed by atoms with Crippen molar-refractivity contribution in [2.75, 3.05) is 24.6 Å². The Morgan fingerprint density at radius 2 is 2.21 bits per heavy atom. The first-order valence-corrected chi connectivity index (χ1v) is 10.8. The fourth-order valence-electron chi connectivity index (χ4n) is 5.32. The van der Waals surface area contributed by atoms with E-state index >= 15 is 0 Å². The van der Waals surface area contributed by atoms with E-state index in [-0.39, 0.29) is 6.61 Å². The van der Waals surface area contributed by atoms with E-state index in [0.717, 1.165) is 50.5 Å². The molecule has 0 aromatic carbocycles. The zero-order valence-electron chi connectivity index (χ0n) is 17.2. The second-order valence-electron chi connectivity index (χ2n) is 8.73. The Hall–Kier alpha value is -2.25. The highest BCUT2D eigenvalue weighted by molar-refractivity contribution is 5.38. The highest BCUT2D eigenvalue weighted by Gasteiger charge is 2.41. The zero-order valence-corrected chi connectivity index (χ0v) is 17.2. The van der Waals surface area contributed by atoms with Crippen molar-refractivity contribution in [3.05, 3.63) is 41.5 Å². The van der Waals surface area contributed by atoms with Gasteiger partial charge in [0.1, 0.15) is 0 Å². The number of rotatable bonds is 5. The molecule has 0 amide bonds. The molecule has 7 heteroatoms. The van der Waals surface area contributed by atoms with Gasteiger partial charge >= 0.3 is 0 Å². The summed E-state index contributed by atoms with van der Waals surface area (Å²) < 4.78 is 1.80. The van der Waals surface area contributed by atoms with Crippen LogP contribution in [-0.4, -0.2) is 55.5 Å². The Bertz CT molecular complexity index is 909. The normalized spacial score (nSPS) is 26.6. The number of piperidine rings is 1. The van der Waals surface area contributed by atoms with Crippen molar-refractivity contribution in [1.29, 1.82) is 0 Å². The molecule has 2 aromatic rings. The van der Waals surface area contributed by atoms with E-state index in [9.17, 15) is 5.11 Å². The summed E-state index contributed by atoms with van der Waals surface area (Å²) in [5, 5.41) is 14.0. The molecule has 0 aliphatic carbocycles.